The van der Waals surface area contributed by atoms with Gasteiger partial charge in [-0.1, -0.05) is 37.0 Å². The molecule has 3 N–H and O–H groups in total. The molecule has 25 heavy (non-hydrogen) atoms. The van der Waals surface area contributed by atoms with E-state index in [1.807, 2.05) is 31.2 Å². The van der Waals surface area contributed by atoms with Gasteiger partial charge in [-0.3, -0.25) is 4.79 Å². The smallest absolute Gasteiger partial charge is 0.257 e. The van der Waals surface area contributed by atoms with E-state index >= 15 is 0 Å². The van der Waals surface area contributed by atoms with Crippen LogP contribution in [0.2, 0.25) is 0 Å². The van der Waals surface area contributed by atoms with E-state index in [4.69, 9.17) is 0 Å². The lowest BCUT2D eigenvalue weighted by Crippen LogP contribution is -2.38. The van der Waals surface area contributed by atoms with Crippen LogP contribution in [0.5, 0.6) is 0 Å². The molecule has 5 nitrogen and oxygen atoms in total. The Labute approximate surface area is 148 Å². The molecular formula is C20H25N3O2. The zero-order chi connectivity index (χ0) is 17.7. The summed E-state index contributed by atoms with van der Waals surface area (Å²) < 4.78 is 0. The molecule has 1 aromatic heterocycles. The monoisotopic (exact) mass is 339 g/mol. The lowest BCUT2D eigenvalue weighted by Gasteiger charge is -2.32. The number of nitrogens with zero attached hydrogens (tertiary/aromatic N) is 1. The molecule has 0 atom stereocenters. The number of hydrogen-bond acceptors (Lipinski definition) is 4. The van der Waals surface area contributed by atoms with Crippen molar-refractivity contribution in [2.45, 2.75) is 44.6 Å². The van der Waals surface area contributed by atoms with Gasteiger partial charge in [-0.15, -0.1) is 0 Å². The van der Waals surface area contributed by atoms with Crippen LogP contribution in [0.25, 0.3) is 0 Å². The highest BCUT2D eigenvalue weighted by Crippen LogP contribution is 2.28. The van der Waals surface area contributed by atoms with E-state index in [1.165, 1.54) is 6.42 Å². The molecule has 0 aliphatic heterocycles. The van der Waals surface area contributed by atoms with Crippen LogP contribution in [0.1, 0.15) is 48.0 Å². The first-order valence-corrected chi connectivity index (χ1v) is 8.84. The second-order valence-electron chi connectivity index (χ2n) is 6.89. The molecule has 0 radical (unpaired) electrons. The van der Waals surface area contributed by atoms with Crippen molar-refractivity contribution in [3.05, 3.63) is 53.7 Å². The molecule has 3 rings (SSSR count). The number of hydrogen-bond donors (Lipinski definition) is 3. The van der Waals surface area contributed by atoms with Crippen molar-refractivity contribution in [1.82, 2.24) is 4.98 Å². The fraction of sp³-hybridized carbons (Fsp3) is 0.400. The summed E-state index contributed by atoms with van der Waals surface area (Å²) in [6.45, 7) is 2.50. The Kier molecular flexibility index (Phi) is 5.34. The maximum Gasteiger partial charge on any atom is 0.257 e. The normalized spacial score (nSPS) is 16.2. The first-order valence-electron chi connectivity index (χ1n) is 8.84. The standard InChI is InChI=1S/C20H25N3O2/c1-15-5-8-17(9-6-15)23-19(24)16-7-10-18(21-13-16)22-14-20(25)11-3-2-4-12-20/h5-10,13,25H,2-4,11-12,14H2,1H3,(H,21,22)(H,23,24). The van der Waals surface area contributed by atoms with Crippen molar-refractivity contribution in [3.8, 4) is 0 Å². The van der Waals surface area contributed by atoms with E-state index < -0.39 is 5.60 Å². The van der Waals surface area contributed by atoms with Crippen molar-refractivity contribution in [2.24, 2.45) is 0 Å². The zero-order valence-electron chi connectivity index (χ0n) is 14.6. The molecule has 2 aromatic rings. The number of rotatable bonds is 5. The third kappa shape index (κ3) is 4.79. The number of aromatic nitrogens is 1. The van der Waals surface area contributed by atoms with Crippen LogP contribution in [0, 0.1) is 6.92 Å². The van der Waals surface area contributed by atoms with Crippen molar-refractivity contribution >= 4 is 17.4 Å². The number of aliphatic hydroxyl groups is 1. The molecule has 1 amide bonds. The van der Waals surface area contributed by atoms with E-state index in [0.717, 1.165) is 36.9 Å². The van der Waals surface area contributed by atoms with Gasteiger partial charge in [0, 0.05) is 18.4 Å². The molecule has 1 saturated carbocycles. The quantitative estimate of drug-likeness (QED) is 0.775. The fourth-order valence-electron chi connectivity index (χ4n) is 3.11. The van der Waals surface area contributed by atoms with Gasteiger partial charge in [0.2, 0.25) is 0 Å². The van der Waals surface area contributed by atoms with Gasteiger partial charge in [0.15, 0.2) is 0 Å². The Balaban J connectivity index is 1.56. The van der Waals surface area contributed by atoms with Gasteiger partial charge in [0.1, 0.15) is 5.82 Å². The molecule has 0 unspecified atom stereocenters. The number of benzene rings is 1. The number of anilines is 2. The molecular weight excluding hydrogens is 314 g/mol. The summed E-state index contributed by atoms with van der Waals surface area (Å²) >= 11 is 0. The van der Waals surface area contributed by atoms with Crippen LogP contribution < -0.4 is 10.6 Å². The second-order valence-corrected chi connectivity index (χ2v) is 6.89. The lowest BCUT2D eigenvalue weighted by atomic mass is 9.85. The van der Waals surface area contributed by atoms with Crippen LogP contribution >= 0.6 is 0 Å². The minimum absolute atomic E-state index is 0.186. The summed E-state index contributed by atoms with van der Waals surface area (Å²) in [5, 5.41) is 16.5. The van der Waals surface area contributed by atoms with Gasteiger partial charge in [-0.25, -0.2) is 4.98 Å². The first kappa shape index (κ1) is 17.4. The van der Waals surface area contributed by atoms with Gasteiger partial charge in [0.25, 0.3) is 5.91 Å². The summed E-state index contributed by atoms with van der Waals surface area (Å²) in [5.41, 5.74) is 1.77. The first-order chi connectivity index (χ1) is 12.0. The van der Waals surface area contributed by atoms with E-state index in [9.17, 15) is 9.90 Å². The van der Waals surface area contributed by atoms with Crippen LogP contribution in [-0.2, 0) is 0 Å². The van der Waals surface area contributed by atoms with E-state index in [1.54, 1.807) is 18.3 Å². The van der Waals surface area contributed by atoms with Crippen molar-refractivity contribution in [2.75, 3.05) is 17.2 Å². The summed E-state index contributed by atoms with van der Waals surface area (Å²) in [6.07, 6.45) is 6.56. The predicted octanol–water partition coefficient (Wildman–Crippen LogP) is 3.75. The highest BCUT2D eigenvalue weighted by atomic mass is 16.3. The van der Waals surface area contributed by atoms with Crippen molar-refractivity contribution < 1.29 is 9.90 Å². The molecule has 1 heterocycles. The number of nitrogens with one attached hydrogen (secondary N) is 2. The zero-order valence-corrected chi connectivity index (χ0v) is 14.6. The van der Waals surface area contributed by atoms with Gasteiger partial charge < -0.3 is 15.7 Å². The molecule has 1 fully saturated rings. The molecule has 0 bridgehead atoms. The second kappa shape index (κ2) is 7.66. The van der Waals surface area contributed by atoms with Gasteiger partial charge in [0.05, 0.1) is 11.2 Å². The number of carbonyl (C=O) groups is 1. The van der Waals surface area contributed by atoms with Crippen molar-refractivity contribution in [1.29, 1.82) is 0 Å². The fourth-order valence-corrected chi connectivity index (χ4v) is 3.11. The molecule has 5 heteroatoms. The summed E-state index contributed by atoms with van der Waals surface area (Å²) in [7, 11) is 0. The third-order valence-corrected chi connectivity index (χ3v) is 4.72. The van der Waals surface area contributed by atoms with Gasteiger partial charge in [-0.2, -0.15) is 0 Å². The summed E-state index contributed by atoms with van der Waals surface area (Å²) in [5.74, 6) is 0.486. The topological polar surface area (TPSA) is 74.2 Å². The molecule has 1 aromatic carbocycles. The predicted molar refractivity (Wildman–Crippen MR) is 99.9 cm³/mol. The molecule has 132 valence electrons. The van der Waals surface area contributed by atoms with E-state index in [0.29, 0.717) is 17.9 Å². The largest absolute Gasteiger partial charge is 0.388 e. The molecule has 0 spiro atoms. The third-order valence-electron chi connectivity index (χ3n) is 4.72. The minimum Gasteiger partial charge on any atom is -0.388 e. The SMILES string of the molecule is Cc1ccc(NC(=O)c2ccc(NCC3(O)CCCCC3)nc2)cc1. The van der Waals surface area contributed by atoms with Gasteiger partial charge in [-0.05, 0) is 44.0 Å². The molecule has 1 aliphatic carbocycles. The highest BCUT2D eigenvalue weighted by Gasteiger charge is 2.28. The Hall–Kier alpha value is -2.40. The Morgan fingerprint density at radius 3 is 2.48 bits per heavy atom. The highest BCUT2D eigenvalue weighted by molar-refractivity contribution is 6.04. The number of amides is 1. The van der Waals surface area contributed by atoms with E-state index in [-0.39, 0.29) is 5.91 Å². The summed E-state index contributed by atoms with van der Waals surface area (Å²) in [6, 6.07) is 11.2. The average molecular weight is 339 g/mol. The minimum atomic E-state index is -0.637. The Morgan fingerprint density at radius 2 is 1.84 bits per heavy atom. The Morgan fingerprint density at radius 1 is 1.12 bits per heavy atom. The average Bonchev–Trinajstić information content (AvgIpc) is 2.63. The van der Waals surface area contributed by atoms with Crippen LogP contribution in [-0.4, -0.2) is 28.1 Å². The molecule has 0 saturated heterocycles. The number of pyridine rings is 1. The number of aryl methyl sites for hydroxylation is 1. The lowest BCUT2D eigenvalue weighted by molar-refractivity contribution is 0.0166. The Bertz CT molecular complexity index is 705. The van der Waals surface area contributed by atoms with Crippen LogP contribution in [0.3, 0.4) is 0 Å². The number of carbonyl (C=O) groups excluding carboxylic acids is 1. The molecule has 1 aliphatic rings. The van der Waals surface area contributed by atoms with Gasteiger partial charge >= 0.3 is 0 Å². The van der Waals surface area contributed by atoms with Crippen molar-refractivity contribution in [3.63, 3.8) is 0 Å². The van der Waals surface area contributed by atoms with Crippen LogP contribution in [0.15, 0.2) is 42.6 Å². The maximum absolute atomic E-state index is 12.3. The summed E-state index contributed by atoms with van der Waals surface area (Å²) in [4.78, 5) is 16.5. The maximum atomic E-state index is 12.3. The van der Waals surface area contributed by atoms with Crippen LogP contribution in [0.4, 0.5) is 11.5 Å². The van der Waals surface area contributed by atoms with E-state index in [2.05, 4.69) is 15.6 Å².